The van der Waals surface area contributed by atoms with Gasteiger partial charge in [-0.2, -0.15) is 0 Å². The van der Waals surface area contributed by atoms with Crippen LogP contribution in [0, 0.1) is 5.92 Å². The van der Waals surface area contributed by atoms with Gasteiger partial charge in [-0.1, -0.05) is 13.8 Å². The van der Waals surface area contributed by atoms with Gasteiger partial charge in [0, 0.05) is 20.6 Å². The predicted octanol–water partition coefficient (Wildman–Crippen LogP) is -0.633. The van der Waals surface area contributed by atoms with E-state index >= 15 is 0 Å². The lowest BCUT2D eigenvalue weighted by Crippen LogP contribution is -2.43. The number of amides is 1. The molecule has 17 heavy (non-hydrogen) atoms. The normalized spacial score (nSPS) is 14.1. The lowest BCUT2D eigenvalue weighted by Gasteiger charge is -2.15. The molecule has 6 nitrogen and oxygen atoms in total. The molecule has 0 rings (SSSR count). The minimum absolute atomic E-state index is 0.0884. The first kappa shape index (κ1) is 16.3. The Labute approximate surface area is 104 Å². The van der Waals surface area contributed by atoms with Crippen molar-refractivity contribution >= 4 is 15.9 Å². The molecule has 0 aliphatic rings. The predicted molar refractivity (Wildman–Crippen MR) is 67.9 cm³/mol. The van der Waals surface area contributed by atoms with Crippen molar-refractivity contribution in [2.45, 2.75) is 26.3 Å². The average Bonchev–Trinajstić information content (AvgIpc) is 2.15. The standard InChI is InChI=1S/C10H23N3O3S/c1-8(2)7-9(11)10(14)12-5-6-17(15,16)13(3)4/h8-9H,5-7,11H2,1-4H3,(H,12,14). The van der Waals surface area contributed by atoms with Crippen molar-refractivity contribution in [3.05, 3.63) is 0 Å². The molecule has 0 aromatic rings. The van der Waals surface area contributed by atoms with E-state index in [4.69, 9.17) is 5.73 Å². The number of rotatable bonds is 7. The largest absolute Gasteiger partial charge is 0.354 e. The Bertz CT molecular complexity index is 339. The summed E-state index contributed by atoms with van der Waals surface area (Å²) < 4.78 is 23.9. The van der Waals surface area contributed by atoms with Gasteiger partial charge in [0.15, 0.2) is 0 Å². The van der Waals surface area contributed by atoms with Crippen molar-refractivity contribution in [3.63, 3.8) is 0 Å². The first-order valence-corrected chi connectivity index (χ1v) is 7.21. The molecule has 0 spiro atoms. The number of sulfonamides is 1. The maximum atomic E-state index is 11.5. The van der Waals surface area contributed by atoms with E-state index in [0.717, 1.165) is 4.31 Å². The van der Waals surface area contributed by atoms with E-state index in [1.54, 1.807) is 0 Å². The number of nitrogens with one attached hydrogen (secondary N) is 1. The molecule has 0 saturated carbocycles. The molecule has 0 aliphatic heterocycles. The van der Waals surface area contributed by atoms with Gasteiger partial charge in [-0.25, -0.2) is 12.7 Å². The molecular formula is C10H23N3O3S. The number of carbonyl (C=O) groups is 1. The Morgan fingerprint density at radius 1 is 1.35 bits per heavy atom. The summed E-state index contributed by atoms with van der Waals surface area (Å²) in [5.41, 5.74) is 5.66. The fourth-order valence-corrected chi connectivity index (χ4v) is 1.96. The van der Waals surface area contributed by atoms with Crippen LogP contribution in [0.15, 0.2) is 0 Å². The summed E-state index contributed by atoms with van der Waals surface area (Å²) >= 11 is 0. The summed E-state index contributed by atoms with van der Waals surface area (Å²) in [5.74, 6) is -0.0749. The molecule has 0 aliphatic carbocycles. The van der Waals surface area contributed by atoms with E-state index in [1.807, 2.05) is 13.8 Å². The van der Waals surface area contributed by atoms with E-state index in [9.17, 15) is 13.2 Å². The molecular weight excluding hydrogens is 242 g/mol. The summed E-state index contributed by atoms with van der Waals surface area (Å²) in [4.78, 5) is 11.5. The van der Waals surface area contributed by atoms with Gasteiger partial charge in [0.05, 0.1) is 11.8 Å². The second-order valence-electron chi connectivity index (χ2n) is 4.63. The van der Waals surface area contributed by atoms with Gasteiger partial charge in [-0.3, -0.25) is 4.79 Å². The molecule has 1 amide bonds. The Balaban J connectivity index is 4.02. The monoisotopic (exact) mass is 265 g/mol. The highest BCUT2D eigenvalue weighted by atomic mass is 32.2. The summed E-state index contributed by atoms with van der Waals surface area (Å²) in [6.07, 6.45) is 0.590. The molecule has 0 fully saturated rings. The minimum atomic E-state index is -3.26. The van der Waals surface area contributed by atoms with E-state index in [2.05, 4.69) is 5.32 Å². The first-order valence-electron chi connectivity index (χ1n) is 5.60. The van der Waals surface area contributed by atoms with Crippen molar-refractivity contribution in [1.29, 1.82) is 0 Å². The lowest BCUT2D eigenvalue weighted by molar-refractivity contribution is -0.122. The van der Waals surface area contributed by atoms with Crippen LogP contribution in [-0.4, -0.2) is 51.1 Å². The van der Waals surface area contributed by atoms with E-state index in [-0.39, 0.29) is 18.2 Å². The molecule has 0 saturated heterocycles. The van der Waals surface area contributed by atoms with Crippen LogP contribution in [0.5, 0.6) is 0 Å². The first-order chi connectivity index (χ1) is 7.66. The van der Waals surface area contributed by atoms with Crippen LogP contribution in [0.1, 0.15) is 20.3 Å². The minimum Gasteiger partial charge on any atom is -0.354 e. The van der Waals surface area contributed by atoms with Crippen molar-refractivity contribution < 1.29 is 13.2 Å². The highest BCUT2D eigenvalue weighted by molar-refractivity contribution is 7.89. The zero-order valence-corrected chi connectivity index (χ0v) is 11.8. The van der Waals surface area contributed by atoms with Gasteiger partial charge in [0.2, 0.25) is 15.9 Å². The fraction of sp³-hybridized carbons (Fsp3) is 0.900. The van der Waals surface area contributed by atoms with Gasteiger partial charge in [-0.05, 0) is 12.3 Å². The third-order valence-corrected chi connectivity index (χ3v) is 4.11. The van der Waals surface area contributed by atoms with E-state index in [1.165, 1.54) is 14.1 Å². The average molecular weight is 265 g/mol. The Morgan fingerprint density at radius 2 is 1.88 bits per heavy atom. The van der Waals surface area contributed by atoms with Gasteiger partial charge in [0.25, 0.3) is 0 Å². The number of nitrogens with zero attached hydrogens (tertiary/aromatic N) is 1. The van der Waals surface area contributed by atoms with Crippen molar-refractivity contribution in [3.8, 4) is 0 Å². The maximum absolute atomic E-state index is 11.5. The molecule has 0 heterocycles. The van der Waals surface area contributed by atoms with E-state index in [0.29, 0.717) is 12.3 Å². The molecule has 0 radical (unpaired) electrons. The van der Waals surface area contributed by atoms with Crippen LogP contribution >= 0.6 is 0 Å². The Kier molecular flexibility index (Phi) is 6.66. The third kappa shape index (κ3) is 6.60. The van der Waals surface area contributed by atoms with Crippen LogP contribution in [0.2, 0.25) is 0 Å². The molecule has 0 aromatic carbocycles. The van der Waals surface area contributed by atoms with Crippen LogP contribution < -0.4 is 11.1 Å². The smallest absolute Gasteiger partial charge is 0.236 e. The SMILES string of the molecule is CC(C)CC(N)C(=O)NCCS(=O)(=O)N(C)C. The molecule has 7 heteroatoms. The number of hydrogen-bond donors (Lipinski definition) is 2. The van der Waals surface area contributed by atoms with Crippen molar-refractivity contribution in [2.75, 3.05) is 26.4 Å². The van der Waals surface area contributed by atoms with Crippen LogP contribution in [0.3, 0.4) is 0 Å². The zero-order chi connectivity index (χ0) is 13.6. The highest BCUT2D eigenvalue weighted by Crippen LogP contribution is 2.02. The van der Waals surface area contributed by atoms with Crippen molar-refractivity contribution in [1.82, 2.24) is 9.62 Å². The maximum Gasteiger partial charge on any atom is 0.236 e. The summed E-state index contributed by atoms with van der Waals surface area (Å²) in [6.45, 7) is 4.04. The zero-order valence-electron chi connectivity index (χ0n) is 10.9. The number of hydrogen-bond acceptors (Lipinski definition) is 4. The molecule has 3 N–H and O–H groups in total. The topological polar surface area (TPSA) is 92.5 Å². The van der Waals surface area contributed by atoms with Gasteiger partial charge in [-0.15, -0.1) is 0 Å². The quantitative estimate of drug-likeness (QED) is 0.641. The Morgan fingerprint density at radius 3 is 2.29 bits per heavy atom. The summed E-state index contributed by atoms with van der Waals surface area (Å²) in [5, 5.41) is 2.53. The molecule has 1 atom stereocenters. The second-order valence-corrected chi connectivity index (χ2v) is 6.93. The fourth-order valence-electron chi connectivity index (χ4n) is 1.23. The lowest BCUT2D eigenvalue weighted by atomic mass is 10.0. The number of nitrogens with two attached hydrogens (primary N) is 1. The molecule has 0 aromatic heterocycles. The Hall–Kier alpha value is -0.660. The molecule has 102 valence electrons. The second kappa shape index (κ2) is 6.93. The van der Waals surface area contributed by atoms with Gasteiger partial charge in [0.1, 0.15) is 0 Å². The van der Waals surface area contributed by atoms with E-state index < -0.39 is 16.1 Å². The molecule has 0 bridgehead atoms. The van der Waals surface area contributed by atoms with Gasteiger partial charge < -0.3 is 11.1 Å². The highest BCUT2D eigenvalue weighted by Gasteiger charge is 2.17. The van der Waals surface area contributed by atoms with Crippen LogP contribution in [0.4, 0.5) is 0 Å². The summed E-state index contributed by atoms with van der Waals surface area (Å²) in [7, 11) is -0.345. The van der Waals surface area contributed by atoms with Gasteiger partial charge >= 0.3 is 0 Å². The summed E-state index contributed by atoms with van der Waals surface area (Å²) in [6, 6.07) is -0.572. The number of carbonyl (C=O) groups excluding carboxylic acids is 1. The third-order valence-electron chi connectivity index (χ3n) is 2.28. The molecule has 1 unspecified atom stereocenters. The van der Waals surface area contributed by atoms with Crippen LogP contribution in [0.25, 0.3) is 0 Å². The van der Waals surface area contributed by atoms with Crippen molar-refractivity contribution in [2.24, 2.45) is 11.7 Å². The van der Waals surface area contributed by atoms with Crippen LogP contribution in [-0.2, 0) is 14.8 Å².